The van der Waals surface area contributed by atoms with Crippen molar-refractivity contribution in [1.82, 2.24) is 0 Å². The van der Waals surface area contributed by atoms with Gasteiger partial charge in [-0.15, -0.1) is 0 Å². The summed E-state index contributed by atoms with van der Waals surface area (Å²) in [6.45, 7) is 13.3. The fourth-order valence-corrected chi connectivity index (χ4v) is 5.00. The molecule has 0 aliphatic heterocycles. The fraction of sp³-hybridized carbons (Fsp3) is 0.267. The number of hydrogen-bond acceptors (Lipinski definition) is 0. The molecule has 0 radical (unpaired) electrons. The molecule has 0 nitrogen and oxygen atoms in total. The zero-order chi connectivity index (χ0) is 21.3. The van der Waals surface area contributed by atoms with E-state index in [0.29, 0.717) is 5.92 Å². The maximum atomic E-state index is 4.61. The average Bonchev–Trinajstić information content (AvgIpc) is 2.96. The smallest absolute Gasteiger partial charge is 0.0500 e. The van der Waals surface area contributed by atoms with Crippen LogP contribution in [0.1, 0.15) is 42.5 Å². The minimum atomic E-state index is -0.203. The topological polar surface area (TPSA) is 0 Å². The van der Waals surface area contributed by atoms with E-state index in [1.807, 2.05) is 0 Å². The second-order valence-electron chi connectivity index (χ2n) is 8.95. The van der Waals surface area contributed by atoms with E-state index in [2.05, 4.69) is 113 Å². The van der Waals surface area contributed by atoms with Gasteiger partial charge in [-0.3, -0.25) is 0 Å². The molecule has 0 bridgehead atoms. The van der Waals surface area contributed by atoms with E-state index in [-0.39, 0.29) is 5.41 Å². The molecular formula is C30H32. The van der Waals surface area contributed by atoms with E-state index in [1.165, 1.54) is 44.5 Å². The van der Waals surface area contributed by atoms with Gasteiger partial charge in [0.25, 0.3) is 0 Å². The molecule has 2 aromatic carbocycles. The molecule has 0 heterocycles. The molecule has 0 aromatic heterocycles. The molecule has 30 heavy (non-hydrogen) atoms. The van der Waals surface area contributed by atoms with Gasteiger partial charge in [0.15, 0.2) is 0 Å². The molecule has 2 unspecified atom stereocenters. The first-order chi connectivity index (χ1) is 14.5. The van der Waals surface area contributed by atoms with Crippen LogP contribution in [0.15, 0.2) is 108 Å². The molecule has 2 aromatic rings. The normalized spacial score (nSPS) is 24.9. The van der Waals surface area contributed by atoms with Crippen LogP contribution in [0.2, 0.25) is 0 Å². The van der Waals surface area contributed by atoms with E-state index in [1.54, 1.807) is 0 Å². The maximum Gasteiger partial charge on any atom is 0.0500 e. The predicted molar refractivity (Wildman–Crippen MR) is 130 cm³/mol. The zero-order valence-corrected chi connectivity index (χ0v) is 18.7. The highest BCUT2D eigenvalue weighted by atomic mass is 14.5. The van der Waals surface area contributed by atoms with Crippen LogP contribution < -0.4 is 0 Å². The van der Waals surface area contributed by atoms with Crippen molar-refractivity contribution in [2.24, 2.45) is 5.92 Å². The van der Waals surface area contributed by atoms with Gasteiger partial charge in [0, 0.05) is 5.41 Å². The van der Waals surface area contributed by atoms with Crippen molar-refractivity contribution >= 4 is 0 Å². The Bertz CT molecular complexity index is 1070. The van der Waals surface area contributed by atoms with E-state index in [4.69, 9.17) is 0 Å². The number of hydrogen-bond donors (Lipinski definition) is 0. The molecule has 0 N–H and O–H groups in total. The Morgan fingerprint density at radius 1 is 1.00 bits per heavy atom. The highest BCUT2D eigenvalue weighted by Gasteiger charge is 2.47. The van der Waals surface area contributed by atoms with Crippen molar-refractivity contribution in [3.05, 3.63) is 130 Å². The largest absolute Gasteiger partial charge is 0.0912 e. The molecule has 2 atom stereocenters. The molecule has 0 spiro atoms. The lowest BCUT2D eigenvalue weighted by Crippen LogP contribution is -2.31. The first-order valence-electron chi connectivity index (χ1n) is 11.0. The first-order valence-corrected chi connectivity index (χ1v) is 11.0. The summed E-state index contributed by atoms with van der Waals surface area (Å²) in [7, 11) is 0. The van der Waals surface area contributed by atoms with E-state index >= 15 is 0 Å². The lowest BCUT2D eigenvalue weighted by Gasteiger charge is -2.35. The van der Waals surface area contributed by atoms with Gasteiger partial charge >= 0.3 is 0 Å². The maximum absolute atomic E-state index is 4.61. The monoisotopic (exact) mass is 392 g/mol. The molecule has 0 fully saturated rings. The summed E-state index contributed by atoms with van der Waals surface area (Å²) in [5.74, 6) is 0.552. The zero-order valence-electron chi connectivity index (χ0n) is 18.7. The van der Waals surface area contributed by atoms with Gasteiger partial charge in [0.2, 0.25) is 0 Å². The van der Waals surface area contributed by atoms with E-state index in [0.717, 1.165) is 12.8 Å². The van der Waals surface area contributed by atoms with Crippen LogP contribution in [-0.4, -0.2) is 0 Å². The summed E-state index contributed by atoms with van der Waals surface area (Å²) in [6, 6.07) is 18.2. The summed E-state index contributed by atoms with van der Waals surface area (Å²) in [5.41, 5.74) is 10.5. The first kappa shape index (κ1) is 20.4. The highest BCUT2D eigenvalue weighted by molar-refractivity contribution is 5.72. The van der Waals surface area contributed by atoms with Gasteiger partial charge in [0.05, 0.1) is 0 Å². The number of aryl methyl sites for hydroxylation is 2. The second-order valence-corrected chi connectivity index (χ2v) is 8.95. The van der Waals surface area contributed by atoms with Crippen molar-refractivity contribution in [2.75, 3.05) is 0 Å². The minimum Gasteiger partial charge on any atom is -0.0912 e. The van der Waals surface area contributed by atoms with Crippen LogP contribution in [0.4, 0.5) is 0 Å². The van der Waals surface area contributed by atoms with Gasteiger partial charge in [0.1, 0.15) is 0 Å². The molecule has 2 aliphatic carbocycles. The summed E-state index contributed by atoms with van der Waals surface area (Å²) in [6.07, 6.45) is 13.4. The molecule has 0 amide bonds. The third kappa shape index (κ3) is 3.45. The van der Waals surface area contributed by atoms with Crippen molar-refractivity contribution in [3.8, 4) is 0 Å². The quantitative estimate of drug-likeness (QED) is 0.499. The van der Waals surface area contributed by atoms with Crippen LogP contribution in [0.25, 0.3) is 0 Å². The third-order valence-corrected chi connectivity index (χ3v) is 6.64. The Morgan fingerprint density at radius 2 is 1.63 bits per heavy atom. The van der Waals surface area contributed by atoms with Gasteiger partial charge in [-0.05, 0) is 73.0 Å². The number of rotatable bonds is 4. The van der Waals surface area contributed by atoms with Gasteiger partial charge < -0.3 is 0 Å². The van der Waals surface area contributed by atoms with Gasteiger partial charge in [-0.25, -0.2) is 0 Å². The van der Waals surface area contributed by atoms with E-state index < -0.39 is 0 Å². The third-order valence-electron chi connectivity index (χ3n) is 6.64. The second kappa shape index (κ2) is 8.11. The minimum absolute atomic E-state index is 0.203. The van der Waals surface area contributed by atoms with Gasteiger partial charge in [-0.1, -0.05) is 104 Å². The Kier molecular flexibility index (Phi) is 5.52. The lowest BCUT2D eigenvalue weighted by molar-refractivity contribution is 0.610. The molecule has 0 heteroatoms. The highest BCUT2D eigenvalue weighted by Crippen LogP contribution is 2.56. The Morgan fingerprint density at radius 3 is 2.27 bits per heavy atom. The molecule has 0 saturated carbocycles. The molecule has 2 aliphatic rings. The van der Waals surface area contributed by atoms with E-state index in [9.17, 15) is 0 Å². The Hall–Kier alpha value is -2.86. The Labute approximate surface area is 182 Å². The standard InChI is InChI=1S/C30H32/c1-6-7-8-28-24(5)27-19-23(4)13-18-29(27)30(28,26-16-11-22(3)12-17-26)20-25-14-9-21(2)10-15-25/h6-18,23H,5,19-20H2,1-4H3/b7-6-,28-8+. The molecule has 0 saturated heterocycles. The Balaban J connectivity index is 1.99. The van der Waals surface area contributed by atoms with Crippen LogP contribution in [0.3, 0.4) is 0 Å². The average molecular weight is 393 g/mol. The van der Waals surface area contributed by atoms with Crippen molar-refractivity contribution in [2.45, 2.75) is 46.0 Å². The van der Waals surface area contributed by atoms with Crippen molar-refractivity contribution < 1.29 is 0 Å². The van der Waals surface area contributed by atoms with Gasteiger partial charge in [-0.2, -0.15) is 0 Å². The SMILES string of the molecule is C=C1C2=C(C=CC(C)C2)C(Cc2ccc(C)cc2)(c2ccc(C)cc2)/C1=C/C=C\C. The van der Waals surface area contributed by atoms with Crippen LogP contribution in [0.5, 0.6) is 0 Å². The van der Waals surface area contributed by atoms with Crippen LogP contribution >= 0.6 is 0 Å². The number of benzene rings is 2. The summed E-state index contributed by atoms with van der Waals surface area (Å²) in [4.78, 5) is 0. The summed E-state index contributed by atoms with van der Waals surface area (Å²) >= 11 is 0. The predicted octanol–water partition coefficient (Wildman–Crippen LogP) is 7.75. The lowest BCUT2D eigenvalue weighted by atomic mass is 9.66. The fourth-order valence-electron chi connectivity index (χ4n) is 5.00. The van der Waals surface area contributed by atoms with Crippen molar-refractivity contribution in [1.29, 1.82) is 0 Å². The van der Waals surface area contributed by atoms with Crippen LogP contribution in [0, 0.1) is 19.8 Å². The molecule has 152 valence electrons. The summed E-state index contributed by atoms with van der Waals surface area (Å²) < 4.78 is 0. The number of allylic oxidation sites excluding steroid dienone is 9. The van der Waals surface area contributed by atoms with Crippen LogP contribution in [-0.2, 0) is 11.8 Å². The molecule has 4 rings (SSSR count). The molecular weight excluding hydrogens is 360 g/mol. The summed E-state index contributed by atoms with van der Waals surface area (Å²) in [5, 5.41) is 0. The van der Waals surface area contributed by atoms with Crippen molar-refractivity contribution in [3.63, 3.8) is 0 Å².